The quantitative estimate of drug-likeness (QED) is 0.699. The van der Waals surface area contributed by atoms with Gasteiger partial charge in [0.15, 0.2) is 0 Å². The maximum atomic E-state index is 12.1. The molecule has 136 valence electrons. The fourth-order valence-electron chi connectivity index (χ4n) is 2.52. The highest BCUT2D eigenvalue weighted by Crippen LogP contribution is 2.22. The van der Waals surface area contributed by atoms with Gasteiger partial charge in [-0.25, -0.2) is 8.42 Å². The van der Waals surface area contributed by atoms with Crippen molar-refractivity contribution >= 4 is 27.3 Å². The van der Waals surface area contributed by atoms with Gasteiger partial charge in [-0.1, -0.05) is 6.92 Å². The first-order valence-corrected chi connectivity index (χ1v) is 10.3. The van der Waals surface area contributed by atoms with E-state index in [0.29, 0.717) is 18.7 Å². The topological polar surface area (TPSA) is 69.7 Å². The van der Waals surface area contributed by atoms with Gasteiger partial charge in [0.2, 0.25) is 15.9 Å². The lowest BCUT2D eigenvalue weighted by Crippen LogP contribution is -2.38. The van der Waals surface area contributed by atoms with E-state index >= 15 is 0 Å². The van der Waals surface area contributed by atoms with Gasteiger partial charge in [0.1, 0.15) is 0 Å². The maximum Gasteiger partial charge on any atom is 0.232 e. The van der Waals surface area contributed by atoms with Crippen molar-refractivity contribution in [2.24, 2.45) is 0 Å². The van der Waals surface area contributed by atoms with Gasteiger partial charge in [0.05, 0.1) is 18.5 Å². The van der Waals surface area contributed by atoms with Crippen LogP contribution in [0.2, 0.25) is 0 Å². The highest BCUT2D eigenvalue weighted by Gasteiger charge is 2.17. The lowest BCUT2D eigenvalue weighted by atomic mass is 10.2. The van der Waals surface area contributed by atoms with E-state index in [9.17, 15) is 13.2 Å². The normalized spacial score (nSPS) is 11.2. The first-order chi connectivity index (χ1) is 11.3. The number of hydrogen-bond acceptors (Lipinski definition) is 4. The van der Waals surface area contributed by atoms with Crippen molar-refractivity contribution in [3.05, 3.63) is 24.3 Å². The summed E-state index contributed by atoms with van der Waals surface area (Å²) in [5.41, 5.74) is 1.67. The molecular formula is C17H29N3O3S. The van der Waals surface area contributed by atoms with Crippen LogP contribution in [0, 0.1) is 0 Å². The summed E-state index contributed by atoms with van der Waals surface area (Å²) >= 11 is 0. The number of hydrogen-bond donors (Lipinski definition) is 1. The van der Waals surface area contributed by atoms with Crippen LogP contribution in [-0.2, 0) is 14.8 Å². The Kier molecular flexibility index (Phi) is 8.04. The van der Waals surface area contributed by atoms with Gasteiger partial charge < -0.3 is 10.2 Å². The number of carbonyl (C=O) groups is 1. The summed E-state index contributed by atoms with van der Waals surface area (Å²) in [6, 6.07) is 7.47. The van der Waals surface area contributed by atoms with Crippen molar-refractivity contribution in [3.8, 4) is 0 Å². The molecule has 0 aliphatic carbocycles. The maximum absolute atomic E-state index is 12.1. The number of benzene rings is 1. The zero-order chi connectivity index (χ0) is 18.2. The summed E-state index contributed by atoms with van der Waals surface area (Å²) in [7, 11) is -3.40. The van der Waals surface area contributed by atoms with Crippen molar-refractivity contribution in [3.63, 3.8) is 0 Å². The van der Waals surface area contributed by atoms with Crippen molar-refractivity contribution < 1.29 is 13.2 Å². The van der Waals surface area contributed by atoms with Gasteiger partial charge in [-0.05, 0) is 44.5 Å². The van der Waals surface area contributed by atoms with E-state index in [2.05, 4.69) is 24.1 Å². The minimum absolute atomic E-state index is 0.0529. The van der Waals surface area contributed by atoms with Crippen molar-refractivity contribution in [1.29, 1.82) is 0 Å². The number of anilines is 2. The Labute approximate surface area is 145 Å². The number of carbonyl (C=O) groups excluding carboxylic acids is 1. The van der Waals surface area contributed by atoms with Crippen molar-refractivity contribution in [1.82, 2.24) is 5.32 Å². The Hall–Kier alpha value is -1.76. The van der Waals surface area contributed by atoms with Gasteiger partial charge in [-0.2, -0.15) is 0 Å². The summed E-state index contributed by atoms with van der Waals surface area (Å²) in [6.07, 6.45) is 2.41. The van der Waals surface area contributed by atoms with E-state index in [1.807, 2.05) is 31.2 Å². The Balaban J connectivity index is 2.84. The van der Waals surface area contributed by atoms with Crippen LogP contribution in [0.25, 0.3) is 0 Å². The standard InChI is InChI=1S/C17H29N3O3S/c1-5-8-17(21)18-13-14-20(24(4,22)23)16-11-9-15(10-12-16)19(6-2)7-3/h9-12H,5-8,13-14H2,1-4H3,(H,18,21). The first-order valence-electron chi connectivity index (χ1n) is 8.42. The third-order valence-corrected chi connectivity index (χ3v) is 4.97. The minimum Gasteiger partial charge on any atom is -0.372 e. The average Bonchev–Trinajstić information content (AvgIpc) is 2.53. The van der Waals surface area contributed by atoms with Gasteiger partial charge >= 0.3 is 0 Å². The predicted molar refractivity (Wildman–Crippen MR) is 100 cm³/mol. The van der Waals surface area contributed by atoms with E-state index in [-0.39, 0.29) is 12.5 Å². The molecule has 0 saturated heterocycles. The van der Waals surface area contributed by atoms with Crippen LogP contribution in [0.5, 0.6) is 0 Å². The van der Waals surface area contributed by atoms with E-state index in [1.165, 1.54) is 10.6 Å². The molecule has 1 N–H and O–H groups in total. The number of rotatable bonds is 10. The van der Waals surface area contributed by atoms with Crippen molar-refractivity contribution in [2.45, 2.75) is 33.6 Å². The second-order valence-corrected chi connectivity index (χ2v) is 7.53. The molecule has 0 fully saturated rings. The second-order valence-electron chi connectivity index (χ2n) is 5.62. The average molecular weight is 356 g/mol. The third-order valence-electron chi connectivity index (χ3n) is 3.78. The highest BCUT2D eigenvalue weighted by molar-refractivity contribution is 7.92. The molecule has 0 aliphatic rings. The Bertz CT molecular complexity index is 610. The van der Waals surface area contributed by atoms with Crippen LogP contribution in [-0.4, -0.2) is 46.8 Å². The van der Waals surface area contributed by atoms with Gasteiger partial charge in [-0.3, -0.25) is 9.10 Å². The minimum atomic E-state index is -3.40. The monoisotopic (exact) mass is 355 g/mol. The molecule has 7 heteroatoms. The molecule has 0 atom stereocenters. The number of nitrogens with one attached hydrogen (secondary N) is 1. The van der Waals surface area contributed by atoms with Gasteiger partial charge in [0, 0.05) is 31.7 Å². The van der Waals surface area contributed by atoms with Crippen LogP contribution in [0.3, 0.4) is 0 Å². The molecule has 24 heavy (non-hydrogen) atoms. The van der Waals surface area contributed by atoms with Gasteiger partial charge in [0.25, 0.3) is 0 Å². The fraction of sp³-hybridized carbons (Fsp3) is 0.588. The lowest BCUT2D eigenvalue weighted by molar-refractivity contribution is -0.121. The van der Waals surface area contributed by atoms with Crippen LogP contribution in [0.4, 0.5) is 11.4 Å². The molecule has 0 unspecified atom stereocenters. The Morgan fingerprint density at radius 2 is 1.58 bits per heavy atom. The molecule has 1 amide bonds. The van der Waals surface area contributed by atoms with E-state index in [4.69, 9.17) is 0 Å². The van der Waals surface area contributed by atoms with E-state index in [1.54, 1.807) is 0 Å². The smallest absolute Gasteiger partial charge is 0.232 e. The number of amides is 1. The Morgan fingerprint density at radius 3 is 2.04 bits per heavy atom. The zero-order valence-corrected chi connectivity index (χ0v) is 15.9. The lowest BCUT2D eigenvalue weighted by Gasteiger charge is -2.25. The molecule has 0 bridgehead atoms. The summed E-state index contributed by atoms with van der Waals surface area (Å²) < 4.78 is 25.5. The number of sulfonamides is 1. The molecule has 0 heterocycles. The first kappa shape index (κ1) is 20.3. The van der Waals surface area contributed by atoms with Crippen LogP contribution >= 0.6 is 0 Å². The largest absolute Gasteiger partial charge is 0.372 e. The van der Waals surface area contributed by atoms with Crippen LogP contribution < -0.4 is 14.5 Å². The summed E-state index contributed by atoms with van der Waals surface area (Å²) in [5.74, 6) is -0.0529. The summed E-state index contributed by atoms with van der Waals surface area (Å²) in [5, 5.41) is 2.75. The van der Waals surface area contributed by atoms with Crippen molar-refractivity contribution in [2.75, 3.05) is 41.6 Å². The summed E-state index contributed by atoms with van der Waals surface area (Å²) in [4.78, 5) is 13.7. The fourth-order valence-corrected chi connectivity index (χ4v) is 3.44. The molecule has 0 aromatic heterocycles. The molecule has 0 radical (unpaired) electrons. The molecule has 1 aromatic rings. The van der Waals surface area contributed by atoms with Crippen LogP contribution in [0.15, 0.2) is 24.3 Å². The van der Waals surface area contributed by atoms with E-state index < -0.39 is 10.0 Å². The molecule has 1 aromatic carbocycles. The SMILES string of the molecule is CCCC(=O)NCCN(c1ccc(N(CC)CC)cc1)S(C)(=O)=O. The third kappa shape index (κ3) is 6.03. The molecule has 1 rings (SSSR count). The van der Waals surface area contributed by atoms with Gasteiger partial charge in [-0.15, -0.1) is 0 Å². The molecular weight excluding hydrogens is 326 g/mol. The summed E-state index contributed by atoms with van der Waals surface area (Å²) in [6.45, 7) is 8.41. The molecule has 0 aliphatic heterocycles. The van der Waals surface area contributed by atoms with Crippen LogP contribution in [0.1, 0.15) is 33.6 Å². The second kappa shape index (κ2) is 9.52. The Morgan fingerprint density at radius 1 is 1.04 bits per heavy atom. The van der Waals surface area contributed by atoms with E-state index in [0.717, 1.165) is 25.2 Å². The molecule has 6 nitrogen and oxygen atoms in total. The predicted octanol–water partition coefficient (Wildman–Crippen LogP) is 2.22. The zero-order valence-electron chi connectivity index (χ0n) is 15.1. The molecule has 0 spiro atoms. The number of nitrogens with zero attached hydrogens (tertiary/aromatic N) is 2. The highest BCUT2D eigenvalue weighted by atomic mass is 32.2. The molecule has 0 saturated carbocycles.